The molecule has 1 aromatic rings. The summed E-state index contributed by atoms with van der Waals surface area (Å²) in [7, 11) is 0. The van der Waals surface area contributed by atoms with Gasteiger partial charge in [-0.1, -0.05) is 19.1 Å². The lowest BCUT2D eigenvalue weighted by atomic mass is 9.88. The Bertz CT molecular complexity index is 1180. The highest BCUT2D eigenvalue weighted by Gasteiger charge is 2.58. The number of rotatable bonds is 7. The highest BCUT2D eigenvalue weighted by atomic mass is 19.4. The van der Waals surface area contributed by atoms with Crippen LogP contribution in [0.5, 0.6) is 0 Å². The second kappa shape index (κ2) is 9.70. The topological polar surface area (TPSA) is 88.5 Å². The monoisotopic (exact) mass is 553 g/mol. The molecule has 2 amide bonds. The molecule has 1 unspecified atom stereocenters. The van der Waals surface area contributed by atoms with Gasteiger partial charge in [0, 0.05) is 56.2 Å². The Kier molecular flexibility index (Phi) is 6.91. The Morgan fingerprint density at radius 2 is 1.77 bits per heavy atom. The molecule has 39 heavy (non-hydrogen) atoms. The van der Waals surface area contributed by atoms with Gasteiger partial charge in [0.15, 0.2) is 0 Å². The minimum absolute atomic E-state index is 0.212. The quantitative estimate of drug-likeness (QED) is 0.506. The summed E-state index contributed by atoms with van der Waals surface area (Å²) in [5.74, 6) is -6.82. The number of likely N-dealkylation sites (tertiary alicyclic amines) is 1. The van der Waals surface area contributed by atoms with Crippen molar-refractivity contribution in [3.05, 3.63) is 34.9 Å². The number of benzene rings is 1. The van der Waals surface area contributed by atoms with Gasteiger partial charge >= 0.3 is 6.18 Å². The van der Waals surface area contributed by atoms with Gasteiger partial charge in [-0.2, -0.15) is 18.4 Å². The number of nitrogens with one attached hydrogen (secondary N) is 2. The zero-order valence-corrected chi connectivity index (χ0v) is 21.7. The summed E-state index contributed by atoms with van der Waals surface area (Å²) in [4.78, 5) is 29.4. The van der Waals surface area contributed by atoms with E-state index in [9.17, 15) is 28.0 Å². The van der Waals surface area contributed by atoms with E-state index in [-0.39, 0.29) is 12.1 Å². The average molecular weight is 554 g/mol. The highest BCUT2D eigenvalue weighted by molar-refractivity contribution is 5.92. The van der Waals surface area contributed by atoms with Gasteiger partial charge in [0.1, 0.15) is 11.6 Å². The van der Waals surface area contributed by atoms with E-state index in [2.05, 4.69) is 10.6 Å². The Hall–Kier alpha value is -2.78. The number of hydrogen-bond acceptors (Lipinski definition) is 5. The van der Waals surface area contributed by atoms with Crippen molar-refractivity contribution in [2.24, 2.45) is 11.3 Å². The van der Waals surface area contributed by atoms with Crippen molar-refractivity contribution >= 4 is 11.8 Å². The Labute approximate surface area is 223 Å². The van der Waals surface area contributed by atoms with Gasteiger partial charge in [0.05, 0.1) is 11.6 Å². The number of halogens is 5. The van der Waals surface area contributed by atoms with Gasteiger partial charge in [0.25, 0.3) is 5.92 Å². The summed E-state index contributed by atoms with van der Waals surface area (Å²) in [5, 5.41) is 15.1. The van der Waals surface area contributed by atoms with Crippen molar-refractivity contribution in [1.82, 2.24) is 20.4 Å². The molecule has 0 aromatic heterocycles. The van der Waals surface area contributed by atoms with E-state index in [4.69, 9.17) is 0 Å². The third kappa shape index (κ3) is 5.48. The summed E-state index contributed by atoms with van der Waals surface area (Å²) in [5.41, 5.74) is -4.10. The minimum Gasteiger partial charge on any atom is -0.336 e. The van der Waals surface area contributed by atoms with E-state index in [1.54, 1.807) is 6.92 Å². The second-order valence-corrected chi connectivity index (χ2v) is 11.7. The second-order valence-electron chi connectivity index (χ2n) is 11.7. The van der Waals surface area contributed by atoms with Crippen molar-refractivity contribution in [1.29, 1.82) is 5.26 Å². The Balaban J connectivity index is 1.43. The lowest BCUT2D eigenvalue weighted by Crippen LogP contribution is -2.50. The molecule has 12 heteroatoms. The third-order valence-electron chi connectivity index (χ3n) is 8.58. The van der Waals surface area contributed by atoms with Gasteiger partial charge < -0.3 is 15.5 Å². The fraction of sp³-hybridized carbons (Fsp3) is 0.667. The fourth-order valence-electron chi connectivity index (χ4n) is 5.59. The maximum absolute atomic E-state index is 16.0. The molecule has 5 rings (SSSR count). The van der Waals surface area contributed by atoms with Crippen LogP contribution < -0.4 is 10.6 Å². The molecule has 2 saturated carbocycles. The number of hydrogen-bond donors (Lipinski definition) is 2. The average Bonchev–Trinajstić information content (AvgIpc) is 3.79. The normalized spacial score (nSPS) is 26.1. The molecule has 212 valence electrons. The SMILES string of the molecule is CC1(C(=O)N2CC(C(F)(F)c3ccc(CN4CCNCC4)cc3C(F)(F)F)C[C@H]2C(=O)NC2(C#N)CC2)CC1. The first-order chi connectivity index (χ1) is 18.3. The first-order valence-corrected chi connectivity index (χ1v) is 13.3. The minimum atomic E-state index is -5.02. The predicted molar refractivity (Wildman–Crippen MR) is 130 cm³/mol. The van der Waals surface area contributed by atoms with Crippen LogP contribution in [0, 0.1) is 22.7 Å². The summed E-state index contributed by atoms with van der Waals surface area (Å²) in [6.45, 7) is 4.03. The van der Waals surface area contributed by atoms with E-state index in [0.717, 1.165) is 17.0 Å². The molecule has 0 radical (unpaired) electrons. The van der Waals surface area contributed by atoms with E-state index in [0.29, 0.717) is 51.9 Å². The molecule has 2 atom stereocenters. The zero-order valence-electron chi connectivity index (χ0n) is 21.7. The fourth-order valence-corrected chi connectivity index (χ4v) is 5.59. The lowest BCUT2D eigenvalue weighted by molar-refractivity contribution is -0.146. The first kappa shape index (κ1) is 27.8. The van der Waals surface area contributed by atoms with Gasteiger partial charge in [-0.25, -0.2) is 8.78 Å². The smallest absolute Gasteiger partial charge is 0.336 e. The molecular formula is C27H32F5N5O2. The van der Waals surface area contributed by atoms with Crippen LogP contribution in [-0.2, 0) is 28.2 Å². The standard InChI is InChI=1S/C27H32F5N5O2/c1-24(4-5-24)23(39)37-15-18(13-21(37)22(38)35-25(16-33)6-7-25)26(28,29)19-3-2-17(12-20(19)27(30,31)32)14-36-10-8-34-9-11-36/h2-3,12,18,21,34H,4-11,13-15H2,1H3,(H,35,38)/t18?,21-/m0/s1. The van der Waals surface area contributed by atoms with Crippen LogP contribution in [-0.4, -0.2) is 65.9 Å². The maximum atomic E-state index is 16.0. The van der Waals surface area contributed by atoms with Crippen LogP contribution in [0.3, 0.4) is 0 Å². The molecule has 2 heterocycles. The van der Waals surface area contributed by atoms with E-state index in [1.165, 1.54) is 6.07 Å². The van der Waals surface area contributed by atoms with Crippen LogP contribution in [0.4, 0.5) is 22.0 Å². The maximum Gasteiger partial charge on any atom is 0.416 e. The largest absolute Gasteiger partial charge is 0.416 e. The molecule has 0 bridgehead atoms. The zero-order chi connectivity index (χ0) is 28.2. The summed E-state index contributed by atoms with van der Waals surface area (Å²) < 4.78 is 74.3. The molecule has 2 N–H and O–H groups in total. The van der Waals surface area contributed by atoms with Crippen LogP contribution in [0.2, 0.25) is 0 Å². The van der Waals surface area contributed by atoms with Crippen LogP contribution in [0.25, 0.3) is 0 Å². The van der Waals surface area contributed by atoms with Crippen LogP contribution >= 0.6 is 0 Å². The van der Waals surface area contributed by atoms with E-state index < -0.39 is 70.9 Å². The molecule has 7 nitrogen and oxygen atoms in total. The summed E-state index contributed by atoms with van der Waals surface area (Å²) >= 11 is 0. The number of piperazine rings is 1. The van der Waals surface area contributed by atoms with Crippen molar-refractivity contribution < 1.29 is 31.5 Å². The molecule has 2 saturated heterocycles. The van der Waals surface area contributed by atoms with Gasteiger partial charge in [-0.05, 0) is 43.7 Å². The van der Waals surface area contributed by atoms with E-state index in [1.807, 2.05) is 11.0 Å². The molecule has 4 fully saturated rings. The number of carbonyl (C=O) groups excluding carboxylic acids is 2. The summed E-state index contributed by atoms with van der Waals surface area (Å²) in [6.07, 6.45) is -3.58. The van der Waals surface area contributed by atoms with Crippen LogP contribution in [0.15, 0.2) is 18.2 Å². The Morgan fingerprint density at radius 1 is 1.10 bits per heavy atom. The highest BCUT2D eigenvalue weighted by Crippen LogP contribution is 2.51. The number of amides is 2. The van der Waals surface area contributed by atoms with Crippen molar-refractivity contribution in [2.75, 3.05) is 32.7 Å². The molecule has 2 aliphatic carbocycles. The molecule has 0 spiro atoms. The third-order valence-corrected chi connectivity index (χ3v) is 8.58. The van der Waals surface area contributed by atoms with Gasteiger partial charge in [0.2, 0.25) is 11.8 Å². The number of carbonyl (C=O) groups is 2. The molecule has 2 aliphatic heterocycles. The molecular weight excluding hydrogens is 521 g/mol. The van der Waals surface area contributed by atoms with Gasteiger partial charge in [-0.15, -0.1) is 0 Å². The van der Waals surface area contributed by atoms with Crippen molar-refractivity contribution in [2.45, 2.75) is 69.3 Å². The van der Waals surface area contributed by atoms with Crippen molar-refractivity contribution in [3.8, 4) is 6.07 Å². The van der Waals surface area contributed by atoms with Crippen LogP contribution in [0.1, 0.15) is 55.7 Å². The number of alkyl halides is 5. The molecule has 4 aliphatic rings. The van der Waals surface area contributed by atoms with Crippen molar-refractivity contribution in [3.63, 3.8) is 0 Å². The number of nitrogens with zero attached hydrogens (tertiary/aromatic N) is 3. The van der Waals surface area contributed by atoms with E-state index >= 15 is 8.78 Å². The Morgan fingerprint density at radius 3 is 2.33 bits per heavy atom. The predicted octanol–water partition coefficient (Wildman–Crippen LogP) is 3.39. The number of nitriles is 1. The first-order valence-electron chi connectivity index (χ1n) is 13.3. The lowest BCUT2D eigenvalue weighted by Gasteiger charge is -2.29. The molecule has 1 aromatic carbocycles. The van der Waals surface area contributed by atoms with Gasteiger partial charge in [-0.3, -0.25) is 14.5 Å². The summed E-state index contributed by atoms with van der Waals surface area (Å²) in [6, 6.07) is 3.67.